The second-order valence-corrected chi connectivity index (χ2v) is 4.09. The molecular weight excluding hydrogens is 284 g/mol. The Morgan fingerprint density at radius 3 is 1.82 bits per heavy atom. The van der Waals surface area contributed by atoms with Gasteiger partial charge < -0.3 is 14.6 Å². The van der Waals surface area contributed by atoms with Crippen LogP contribution in [0.5, 0.6) is 11.5 Å². The molecular formula is C15H12N4O3. The number of methoxy groups -OCH3 is 1. The molecule has 0 radical (unpaired) electrons. The maximum absolute atomic E-state index is 9.04. The first kappa shape index (κ1) is 16.8. The average molecular weight is 296 g/mol. The zero-order valence-electron chi connectivity index (χ0n) is 11.8. The van der Waals surface area contributed by atoms with Crippen LogP contribution in [0, 0.1) is 45.3 Å². The van der Waals surface area contributed by atoms with Gasteiger partial charge in [-0.25, -0.2) is 0 Å². The van der Waals surface area contributed by atoms with Crippen LogP contribution in [0.3, 0.4) is 0 Å². The number of nitrogens with zero attached hydrogens (tertiary/aromatic N) is 4. The Bertz CT molecular complexity index is 676. The van der Waals surface area contributed by atoms with Crippen LogP contribution in [-0.4, -0.2) is 25.4 Å². The third-order valence-corrected chi connectivity index (χ3v) is 2.85. The first-order valence-electron chi connectivity index (χ1n) is 6.20. The van der Waals surface area contributed by atoms with E-state index in [0.717, 1.165) is 0 Å². The standard InChI is InChI=1S/C15H12N4O3/c1-21-14-4-13(11(8-18)9-19)15(22-3-2-20)5-12(14)10(6-16)7-17/h4-5,10-11,20H,2-3H2,1H3. The van der Waals surface area contributed by atoms with Crippen LogP contribution >= 0.6 is 0 Å². The van der Waals surface area contributed by atoms with E-state index >= 15 is 0 Å². The number of hydrogen-bond donors (Lipinski definition) is 1. The molecule has 1 rings (SSSR count). The molecule has 0 atom stereocenters. The molecule has 110 valence electrons. The maximum Gasteiger partial charge on any atom is 0.161 e. The van der Waals surface area contributed by atoms with Crippen molar-refractivity contribution in [3.63, 3.8) is 0 Å². The lowest BCUT2D eigenvalue weighted by molar-refractivity contribution is 0.200. The van der Waals surface area contributed by atoms with Gasteiger partial charge in [0, 0.05) is 11.1 Å². The predicted molar refractivity (Wildman–Crippen MR) is 73.5 cm³/mol. The molecule has 0 aliphatic rings. The molecule has 0 aliphatic heterocycles. The van der Waals surface area contributed by atoms with Crippen molar-refractivity contribution in [3.05, 3.63) is 23.3 Å². The van der Waals surface area contributed by atoms with Crippen molar-refractivity contribution in [1.82, 2.24) is 0 Å². The van der Waals surface area contributed by atoms with Gasteiger partial charge in [0.15, 0.2) is 11.8 Å². The summed E-state index contributed by atoms with van der Waals surface area (Å²) in [5.41, 5.74) is 0.535. The first-order valence-corrected chi connectivity index (χ1v) is 6.20. The largest absolute Gasteiger partial charge is 0.496 e. The van der Waals surface area contributed by atoms with Gasteiger partial charge in [-0.3, -0.25) is 0 Å². The van der Waals surface area contributed by atoms with Crippen molar-refractivity contribution in [2.45, 2.75) is 11.8 Å². The van der Waals surface area contributed by atoms with Crippen LogP contribution in [0.1, 0.15) is 23.0 Å². The lowest BCUT2D eigenvalue weighted by atomic mass is 9.94. The highest BCUT2D eigenvalue weighted by Gasteiger charge is 2.23. The van der Waals surface area contributed by atoms with Gasteiger partial charge in [0.1, 0.15) is 18.1 Å². The topological polar surface area (TPSA) is 134 Å². The fraction of sp³-hybridized carbons (Fsp3) is 0.333. The van der Waals surface area contributed by atoms with Gasteiger partial charge in [0.05, 0.1) is 38.0 Å². The van der Waals surface area contributed by atoms with Crippen molar-refractivity contribution in [3.8, 4) is 35.8 Å². The van der Waals surface area contributed by atoms with Crippen molar-refractivity contribution >= 4 is 0 Å². The van der Waals surface area contributed by atoms with Gasteiger partial charge in [-0.15, -0.1) is 0 Å². The van der Waals surface area contributed by atoms with Gasteiger partial charge in [0.2, 0.25) is 0 Å². The number of rotatable bonds is 6. The Balaban J connectivity index is 3.53. The second-order valence-electron chi connectivity index (χ2n) is 4.09. The summed E-state index contributed by atoms with van der Waals surface area (Å²) in [4.78, 5) is 0. The van der Waals surface area contributed by atoms with Crippen LogP contribution in [0.25, 0.3) is 0 Å². The highest BCUT2D eigenvalue weighted by molar-refractivity contribution is 5.54. The number of aliphatic hydroxyl groups is 1. The highest BCUT2D eigenvalue weighted by Crippen LogP contribution is 2.36. The summed E-state index contributed by atoms with van der Waals surface area (Å²) in [5.74, 6) is -1.80. The fourth-order valence-electron chi connectivity index (χ4n) is 1.84. The third-order valence-electron chi connectivity index (χ3n) is 2.85. The summed E-state index contributed by atoms with van der Waals surface area (Å²) < 4.78 is 10.5. The van der Waals surface area contributed by atoms with Gasteiger partial charge in [-0.05, 0) is 12.1 Å². The van der Waals surface area contributed by atoms with E-state index in [1.165, 1.54) is 19.2 Å². The van der Waals surface area contributed by atoms with E-state index in [1.807, 2.05) is 24.3 Å². The van der Waals surface area contributed by atoms with E-state index in [9.17, 15) is 0 Å². The first-order chi connectivity index (χ1) is 10.7. The smallest absolute Gasteiger partial charge is 0.161 e. The van der Waals surface area contributed by atoms with Gasteiger partial charge in [-0.2, -0.15) is 21.0 Å². The van der Waals surface area contributed by atoms with Gasteiger partial charge in [0.25, 0.3) is 0 Å². The second kappa shape index (κ2) is 8.12. The highest BCUT2D eigenvalue weighted by atomic mass is 16.5. The Kier molecular flexibility index (Phi) is 6.20. The van der Waals surface area contributed by atoms with Crippen molar-refractivity contribution < 1.29 is 14.6 Å². The monoisotopic (exact) mass is 296 g/mol. The maximum atomic E-state index is 9.04. The number of aliphatic hydroxyl groups excluding tert-OH is 1. The Hall–Kier alpha value is -3.26. The number of hydrogen-bond acceptors (Lipinski definition) is 7. The van der Waals surface area contributed by atoms with Crippen molar-refractivity contribution in [1.29, 1.82) is 21.0 Å². The van der Waals surface area contributed by atoms with Crippen LogP contribution in [0.2, 0.25) is 0 Å². The van der Waals surface area contributed by atoms with Crippen LogP contribution in [0.4, 0.5) is 0 Å². The van der Waals surface area contributed by atoms with Crippen molar-refractivity contribution in [2.24, 2.45) is 0 Å². The summed E-state index contributed by atoms with van der Waals surface area (Å²) in [6.07, 6.45) is 0. The molecule has 0 amide bonds. The quantitative estimate of drug-likeness (QED) is 0.836. The molecule has 1 aromatic rings. The normalized spacial score (nSPS) is 9.45. The molecule has 0 heterocycles. The number of ether oxygens (including phenoxy) is 2. The Labute approximate surface area is 127 Å². The van der Waals surface area contributed by atoms with Gasteiger partial charge in [-0.1, -0.05) is 0 Å². The molecule has 1 N–H and O–H groups in total. The third kappa shape index (κ3) is 3.44. The molecule has 1 aromatic carbocycles. The lowest BCUT2D eigenvalue weighted by Gasteiger charge is -2.16. The van der Waals surface area contributed by atoms with Crippen LogP contribution < -0.4 is 9.47 Å². The SMILES string of the molecule is COc1cc(C(C#N)C#N)c(OCCO)cc1C(C#N)C#N. The zero-order chi connectivity index (χ0) is 16.5. The molecule has 0 spiro atoms. The molecule has 0 saturated heterocycles. The minimum atomic E-state index is -1.10. The minimum absolute atomic E-state index is 0.0495. The van der Waals surface area contributed by atoms with E-state index in [4.69, 9.17) is 35.6 Å². The molecule has 7 nitrogen and oxygen atoms in total. The fourth-order valence-corrected chi connectivity index (χ4v) is 1.84. The van der Waals surface area contributed by atoms with E-state index < -0.39 is 11.8 Å². The predicted octanol–water partition coefficient (Wildman–Crippen LogP) is 1.33. The molecule has 22 heavy (non-hydrogen) atoms. The Morgan fingerprint density at radius 2 is 1.41 bits per heavy atom. The molecule has 0 bridgehead atoms. The Morgan fingerprint density at radius 1 is 0.955 bits per heavy atom. The van der Waals surface area contributed by atoms with Gasteiger partial charge >= 0.3 is 0 Å². The molecule has 0 saturated carbocycles. The van der Waals surface area contributed by atoms with E-state index in [-0.39, 0.29) is 35.8 Å². The summed E-state index contributed by atoms with van der Waals surface area (Å²) in [6, 6.07) is 10.1. The summed E-state index contributed by atoms with van der Waals surface area (Å²) in [5, 5.41) is 45.0. The number of benzene rings is 1. The molecule has 0 unspecified atom stereocenters. The van der Waals surface area contributed by atoms with E-state index in [2.05, 4.69) is 0 Å². The summed E-state index contributed by atoms with van der Waals surface area (Å²) in [6.45, 7) is -0.309. The molecule has 0 aromatic heterocycles. The molecule has 0 fully saturated rings. The summed E-state index contributed by atoms with van der Waals surface area (Å²) in [7, 11) is 1.36. The van der Waals surface area contributed by atoms with Crippen LogP contribution in [0.15, 0.2) is 12.1 Å². The van der Waals surface area contributed by atoms with Crippen LogP contribution in [-0.2, 0) is 0 Å². The molecule has 7 heteroatoms. The van der Waals surface area contributed by atoms with E-state index in [1.54, 1.807) is 0 Å². The minimum Gasteiger partial charge on any atom is -0.496 e. The summed E-state index contributed by atoms with van der Waals surface area (Å²) >= 11 is 0. The number of nitriles is 4. The van der Waals surface area contributed by atoms with Crippen molar-refractivity contribution in [2.75, 3.05) is 20.3 Å². The average Bonchev–Trinajstić information content (AvgIpc) is 2.56. The van der Waals surface area contributed by atoms with E-state index in [0.29, 0.717) is 0 Å². The molecule has 0 aliphatic carbocycles. The zero-order valence-corrected chi connectivity index (χ0v) is 11.8. The lowest BCUT2D eigenvalue weighted by Crippen LogP contribution is -2.08.